The average molecular weight is 293 g/mol. The second-order valence-corrected chi connectivity index (χ2v) is 5.16. The molecule has 1 rings (SSSR count). The van der Waals surface area contributed by atoms with E-state index in [2.05, 4.69) is 0 Å². The van der Waals surface area contributed by atoms with Crippen molar-refractivity contribution < 1.29 is 19.4 Å². The van der Waals surface area contributed by atoms with Crippen LogP contribution in [0.2, 0.25) is 0 Å². The fourth-order valence-electron chi connectivity index (χ4n) is 2.17. The highest BCUT2D eigenvalue weighted by molar-refractivity contribution is 5.83. The summed E-state index contributed by atoms with van der Waals surface area (Å²) >= 11 is 0. The van der Waals surface area contributed by atoms with Crippen LogP contribution in [0.4, 0.5) is 0 Å². The molecule has 0 aliphatic heterocycles. The van der Waals surface area contributed by atoms with Gasteiger partial charge >= 0.3 is 5.97 Å². The van der Waals surface area contributed by atoms with E-state index < -0.39 is 5.97 Å². The van der Waals surface area contributed by atoms with Crippen molar-refractivity contribution in [2.75, 3.05) is 13.7 Å². The molecule has 0 spiro atoms. The molecule has 0 heterocycles. The number of carboxylic acids is 1. The van der Waals surface area contributed by atoms with Gasteiger partial charge in [-0.3, -0.25) is 9.59 Å². The van der Waals surface area contributed by atoms with Crippen LogP contribution >= 0.6 is 0 Å². The summed E-state index contributed by atoms with van der Waals surface area (Å²) in [5.41, 5.74) is 1.81. The average Bonchev–Trinajstić information content (AvgIpc) is 2.44. The summed E-state index contributed by atoms with van der Waals surface area (Å²) in [6.07, 6.45) is 0.854. The van der Waals surface area contributed by atoms with Crippen molar-refractivity contribution in [1.82, 2.24) is 4.90 Å². The number of rotatable bonds is 7. The third-order valence-electron chi connectivity index (χ3n) is 3.53. The lowest BCUT2D eigenvalue weighted by Crippen LogP contribution is -2.42. The number of aliphatic carboxylic acids is 1. The molecule has 1 atom stereocenters. The monoisotopic (exact) mass is 293 g/mol. The van der Waals surface area contributed by atoms with Gasteiger partial charge in [-0.05, 0) is 26.3 Å². The maximum atomic E-state index is 12.4. The second-order valence-electron chi connectivity index (χ2n) is 5.16. The molecular weight excluding hydrogens is 270 g/mol. The largest absolute Gasteiger partial charge is 0.496 e. The van der Waals surface area contributed by atoms with E-state index in [4.69, 9.17) is 9.84 Å². The highest BCUT2D eigenvalue weighted by Gasteiger charge is 2.22. The zero-order chi connectivity index (χ0) is 16.0. The summed E-state index contributed by atoms with van der Waals surface area (Å²) in [5.74, 6) is -0.552. The lowest BCUT2D eigenvalue weighted by molar-refractivity contribution is -0.145. The maximum Gasteiger partial charge on any atom is 0.323 e. The number of nitrogens with zero attached hydrogens (tertiary/aromatic N) is 1. The van der Waals surface area contributed by atoms with E-state index in [0.717, 1.165) is 11.1 Å². The van der Waals surface area contributed by atoms with Crippen LogP contribution in [0.5, 0.6) is 5.75 Å². The molecule has 5 nitrogen and oxygen atoms in total. The van der Waals surface area contributed by atoms with E-state index in [-0.39, 0.29) is 24.9 Å². The predicted octanol–water partition coefficient (Wildman–Crippen LogP) is 2.26. The van der Waals surface area contributed by atoms with Crippen LogP contribution in [0, 0.1) is 6.92 Å². The van der Waals surface area contributed by atoms with Gasteiger partial charge in [-0.1, -0.05) is 24.6 Å². The summed E-state index contributed by atoms with van der Waals surface area (Å²) < 4.78 is 5.26. The standard InChI is InChI=1S/C16H23NO4/c1-5-12(3)17(10-16(19)20)15(18)9-13-8-11(2)6-7-14(13)21-4/h6-8,12H,5,9-10H2,1-4H3,(H,19,20). The molecule has 21 heavy (non-hydrogen) atoms. The number of carbonyl (C=O) groups excluding carboxylic acids is 1. The molecule has 1 N–H and O–H groups in total. The molecule has 0 radical (unpaired) electrons. The highest BCUT2D eigenvalue weighted by Crippen LogP contribution is 2.21. The van der Waals surface area contributed by atoms with Crippen molar-refractivity contribution in [2.45, 2.75) is 39.7 Å². The van der Waals surface area contributed by atoms with Gasteiger partial charge in [-0.2, -0.15) is 0 Å². The zero-order valence-electron chi connectivity index (χ0n) is 13.0. The Hall–Kier alpha value is -2.04. The first-order valence-electron chi connectivity index (χ1n) is 7.03. The van der Waals surface area contributed by atoms with Crippen LogP contribution in [-0.4, -0.2) is 41.6 Å². The van der Waals surface area contributed by atoms with Crippen molar-refractivity contribution in [3.63, 3.8) is 0 Å². The van der Waals surface area contributed by atoms with Crippen molar-refractivity contribution in [3.8, 4) is 5.75 Å². The van der Waals surface area contributed by atoms with Gasteiger partial charge in [0.05, 0.1) is 13.5 Å². The molecule has 0 fully saturated rings. The van der Waals surface area contributed by atoms with E-state index >= 15 is 0 Å². The minimum atomic E-state index is -1.00. The molecule has 1 aromatic rings. The maximum absolute atomic E-state index is 12.4. The van der Waals surface area contributed by atoms with Crippen LogP contribution in [0.1, 0.15) is 31.4 Å². The summed E-state index contributed by atoms with van der Waals surface area (Å²) in [5, 5.41) is 8.97. The molecule has 1 aromatic carbocycles. The summed E-state index contributed by atoms with van der Waals surface area (Å²) in [6, 6.07) is 5.52. The molecule has 1 amide bonds. The predicted molar refractivity (Wildman–Crippen MR) is 80.5 cm³/mol. The molecule has 5 heteroatoms. The topological polar surface area (TPSA) is 66.8 Å². The number of carboxylic acid groups (broad SMARTS) is 1. The van der Waals surface area contributed by atoms with Crippen molar-refractivity contribution in [3.05, 3.63) is 29.3 Å². The Morgan fingerprint density at radius 3 is 2.57 bits per heavy atom. The van der Waals surface area contributed by atoms with Gasteiger partial charge in [-0.25, -0.2) is 0 Å². The molecule has 0 aliphatic rings. The molecule has 0 saturated carbocycles. The summed E-state index contributed by atoms with van der Waals surface area (Å²) in [6.45, 7) is 5.45. The van der Waals surface area contributed by atoms with Gasteiger partial charge in [0, 0.05) is 11.6 Å². The quantitative estimate of drug-likeness (QED) is 0.837. The normalized spacial score (nSPS) is 11.8. The van der Waals surface area contributed by atoms with E-state index in [1.54, 1.807) is 7.11 Å². The van der Waals surface area contributed by atoms with Crippen molar-refractivity contribution >= 4 is 11.9 Å². The number of aryl methyl sites for hydroxylation is 1. The third-order valence-corrected chi connectivity index (χ3v) is 3.53. The number of benzene rings is 1. The lowest BCUT2D eigenvalue weighted by Gasteiger charge is -2.27. The minimum absolute atomic E-state index is 0.107. The van der Waals surface area contributed by atoms with Crippen LogP contribution < -0.4 is 4.74 Å². The summed E-state index contributed by atoms with van der Waals surface area (Å²) in [4.78, 5) is 24.8. The number of hydrogen-bond acceptors (Lipinski definition) is 3. The van der Waals surface area contributed by atoms with Crippen LogP contribution in [-0.2, 0) is 16.0 Å². The molecule has 0 aliphatic carbocycles. The van der Waals surface area contributed by atoms with E-state index in [0.29, 0.717) is 12.2 Å². The van der Waals surface area contributed by atoms with Crippen LogP contribution in [0.3, 0.4) is 0 Å². The van der Waals surface area contributed by atoms with Gasteiger partial charge in [-0.15, -0.1) is 0 Å². The molecule has 0 saturated heterocycles. The Morgan fingerprint density at radius 1 is 1.38 bits per heavy atom. The van der Waals surface area contributed by atoms with Crippen LogP contribution in [0.25, 0.3) is 0 Å². The summed E-state index contributed by atoms with van der Waals surface area (Å²) in [7, 11) is 1.56. The third kappa shape index (κ3) is 4.77. The fourth-order valence-corrected chi connectivity index (χ4v) is 2.17. The zero-order valence-corrected chi connectivity index (χ0v) is 13.0. The molecular formula is C16H23NO4. The van der Waals surface area contributed by atoms with Gasteiger partial charge in [0.25, 0.3) is 0 Å². The number of amides is 1. The van der Waals surface area contributed by atoms with E-state index in [1.807, 2.05) is 39.0 Å². The Balaban J connectivity index is 2.95. The smallest absolute Gasteiger partial charge is 0.323 e. The fraction of sp³-hybridized carbons (Fsp3) is 0.500. The first kappa shape index (κ1) is 17.0. The lowest BCUT2D eigenvalue weighted by atomic mass is 10.1. The van der Waals surface area contributed by atoms with Gasteiger partial charge in [0.1, 0.15) is 12.3 Å². The van der Waals surface area contributed by atoms with Crippen molar-refractivity contribution in [2.24, 2.45) is 0 Å². The van der Waals surface area contributed by atoms with Gasteiger partial charge < -0.3 is 14.7 Å². The number of carbonyl (C=O) groups is 2. The van der Waals surface area contributed by atoms with E-state index in [9.17, 15) is 9.59 Å². The number of methoxy groups -OCH3 is 1. The Bertz CT molecular complexity index is 513. The molecule has 0 aromatic heterocycles. The second kappa shape index (κ2) is 7.67. The van der Waals surface area contributed by atoms with E-state index in [1.165, 1.54) is 4.90 Å². The first-order valence-corrected chi connectivity index (χ1v) is 7.03. The minimum Gasteiger partial charge on any atom is -0.496 e. The molecule has 116 valence electrons. The number of hydrogen-bond donors (Lipinski definition) is 1. The van der Waals surface area contributed by atoms with Gasteiger partial charge in [0.15, 0.2) is 0 Å². The first-order chi connectivity index (χ1) is 9.88. The van der Waals surface area contributed by atoms with Gasteiger partial charge in [0.2, 0.25) is 5.91 Å². The Labute approximate surface area is 125 Å². The Kier molecular flexibility index (Phi) is 6.21. The SMILES string of the molecule is CCC(C)N(CC(=O)O)C(=O)Cc1cc(C)ccc1OC. The molecule has 1 unspecified atom stereocenters. The number of ether oxygens (including phenoxy) is 1. The van der Waals surface area contributed by atoms with Crippen molar-refractivity contribution in [1.29, 1.82) is 0 Å². The van der Waals surface area contributed by atoms with Crippen LogP contribution in [0.15, 0.2) is 18.2 Å². The highest BCUT2D eigenvalue weighted by atomic mass is 16.5. The molecule has 0 bridgehead atoms. The Morgan fingerprint density at radius 2 is 2.05 bits per heavy atom.